The Hall–Kier alpha value is -1.25. The number of carbonyl (C=O) groups is 1. The first-order valence-corrected chi connectivity index (χ1v) is 14.4. The van der Waals surface area contributed by atoms with Crippen LogP contribution in [0.15, 0.2) is 30.3 Å². The molecule has 4 rings (SSSR count). The summed E-state index contributed by atoms with van der Waals surface area (Å²) in [5.74, 6) is -0.161. The summed E-state index contributed by atoms with van der Waals surface area (Å²) in [6.07, 6.45) is 11.4. The van der Waals surface area contributed by atoms with E-state index in [-0.39, 0.29) is 18.2 Å². The van der Waals surface area contributed by atoms with Crippen LogP contribution in [0.25, 0.3) is 0 Å². The van der Waals surface area contributed by atoms with Gasteiger partial charge in [0.05, 0.1) is 39.0 Å². The molecule has 3 fully saturated rings. The van der Waals surface area contributed by atoms with E-state index >= 15 is 0 Å². The number of benzene rings is 1. The van der Waals surface area contributed by atoms with Crippen molar-refractivity contribution in [3.63, 3.8) is 0 Å². The summed E-state index contributed by atoms with van der Waals surface area (Å²) in [4.78, 5) is 12.4. The topological polar surface area (TPSA) is 54.0 Å². The van der Waals surface area contributed by atoms with Gasteiger partial charge >= 0.3 is 14.8 Å². The molecule has 1 aliphatic carbocycles. The van der Waals surface area contributed by atoms with Crippen molar-refractivity contribution in [2.24, 2.45) is 0 Å². The maximum atomic E-state index is 12.4. The monoisotopic (exact) mass is 462 g/mol. The summed E-state index contributed by atoms with van der Waals surface area (Å²) in [6, 6.07) is 10.7. The van der Waals surface area contributed by atoms with Gasteiger partial charge in [-0.1, -0.05) is 62.4 Å². The second kappa shape index (κ2) is 10.8. The Morgan fingerprint density at radius 3 is 2.53 bits per heavy atom. The van der Waals surface area contributed by atoms with Crippen LogP contribution in [0.3, 0.4) is 0 Å². The van der Waals surface area contributed by atoms with Crippen LogP contribution in [0.4, 0.5) is 0 Å². The van der Waals surface area contributed by atoms with Crippen LogP contribution in [0, 0.1) is 0 Å². The average molecular weight is 463 g/mol. The quantitative estimate of drug-likeness (QED) is 0.324. The summed E-state index contributed by atoms with van der Waals surface area (Å²) in [6.45, 7) is 1.55. The maximum absolute atomic E-state index is 12.4. The number of fused-ring (bicyclic) bond motifs is 2. The number of carbonyl (C=O) groups excluding carboxylic acids is 1. The van der Waals surface area contributed by atoms with E-state index in [0.29, 0.717) is 23.7 Å². The third-order valence-electron chi connectivity index (χ3n) is 6.98. The van der Waals surface area contributed by atoms with Gasteiger partial charge in [-0.05, 0) is 18.4 Å². The molecular formula is C25H40NO5Si+. The second-order valence-corrected chi connectivity index (χ2v) is 13.0. The SMILES string of the molecule is C[N+](C)(CCC[Si]12OC3CCCCCCCC(O1)C(C3)O2)CC(=O)OCc1ccccc1. The number of esters is 1. The van der Waals surface area contributed by atoms with Gasteiger partial charge in [0.1, 0.15) is 6.61 Å². The van der Waals surface area contributed by atoms with Crippen molar-refractivity contribution in [2.45, 2.75) is 88.8 Å². The zero-order valence-electron chi connectivity index (χ0n) is 19.8. The Balaban J connectivity index is 1.25. The fourth-order valence-corrected chi connectivity index (χ4v) is 8.51. The van der Waals surface area contributed by atoms with Gasteiger partial charge in [-0.3, -0.25) is 0 Å². The van der Waals surface area contributed by atoms with E-state index in [0.717, 1.165) is 43.8 Å². The number of rotatable bonds is 8. The Labute approximate surface area is 194 Å². The van der Waals surface area contributed by atoms with Crippen LogP contribution >= 0.6 is 0 Å². The number of hydrogen-bond donors (Lipinski definition) is 0. The maximum Gasteiger partial charge on any atom is 0.502 e. The molecule has 4 unspecified atom stereocenters. The number of ether oxygens (including phenoxy) is 1. The Morgan fingerprint density at radius 1 is 1.00 bits per heavy atom. The van der Waals surface area contributed by atoms with Crippen molar-refractivity contribution in [1.82, 2.24) is 0 Å². The van der Waals surface area contributed by atoms with E-state index in [9.17, 15) is 4.79 Å². The number of quaternary nitrogens is 1. The van der Waals surface area contributed by atoms with E-state index in [1.165, 1.54) is 32.1 Å². The molecule has 2 saturated heterocycles. The van der Waals surface area contributed by atoms with Gasteiger partial charge < -0.3 is 22.5 Å². The fourth-order valence-electron chi connectivity index (χ4n) is 5.24. The molecule has 0 amide bonds. The standard InChI is InChI=1S/C25H40NO5Si/c1-26(2,19-25(27)28-20-21-12-7-6-8-13-21)16-11-17-32-29-22-14-9-4-3-5-10-15-23(30-32)24(18-22)31-32/h6-8,12-13,22-24H,3-5,9-11,14-20H2,1-2H3/q+1. The molecule has 7 heteroatoms. The molecular weight excluding hydrogens is 422 g/mol. The first kappa shape index (κ1) is 23.9. The minimum Gasteiger partial charge on any atom is -0.457 e. The Bertz CT molecular complexity index is 741. The largest absolute Gasteiger partial charge is 0.502 e. The van der Waals surface area contributed by atoms with Gasteiger partial charge in [0.15, 0.2) is 6.54 Å². The van der Waals surface area contributed by atoms with Crippen molar-refractivity contribution in [3.8, 4) is 0 Å². The summed E-state index contributed by atoms with van der Waals surface area (Å²) < 4.78 is 25.7. The first-order chi connectivity index (χ1) is 15.4. The normalized spacial score (nSPS) is 30.6. The number of likely N-dealkylation sites (N-methyl/N-ethyl adjacent to an activating group) is 1. The molecule has 178 valence electrons. The smallest absolute Gasteiger partial charge is 0.457 e. The Morgan fingerprint density at radius 2 is 1.72 bits per heavy atom. The highest BCUT2D eigenvalue weighted by Gasteiger charge is 2.58. The molecule has 1 aromatic rings. The molecule has 0 spiro atoms. The van der Waals surface area contributed by atoms with Crippen LogP contribution in [-0.4, -0.2) is 64.8 Å². The first-order valence-electron chi connectivity index (χ1n) is 12.5. The molecule has 0 N–H and O–H groups in total. The summed E-state index contributed by atoms with van der Waals surface area (Å²) in [5, 5.41) is 0. The highest BCUT2D eigenvalue weighted by atomic mass is 28.4. The lowest BCUT2D eigenvalue weighted by Crippen LogP contribution is -2.50. The van der Waals surface area contributed by atoms with Gasteiger partial charge in [-0.25, -0.2) is 4.79 Å². The number of hydrogen-bond acceptors (Lipinski definition) is 5. The van der Waals surface area contributed by atoms with Crippen LogP contribution < -0.4 is 0 Å². The van der Waals surface area contributed by atoms with Gasteiger partial charge in [-0.15, -0.1) is 0 Å². The van der Waals surface area contributed by atoms with Crippen LogP contribution in [0.5, 0.6) is 0 Å². The van der Waals surface area contributed by atoms with Crippen molar-refractivity contribution in [3.05, 3.63) is 35.9 Å². The summed E-state index contributed by atoms with van der Waals surface area (Å²) >= 11 is 0. The third-order valence-corrected chi connectivity index (χ3v) is 9.96. The summed E-state index contributed by atoms with van der Waals surface area (Å²) in [7, 11) is 1.57. The lowest BCUT2D eigenvalue weighted by Gasteiger charge is -2.35. The molecule has 32 heavy (non-hydrogen) atoms. The molecule has 0 radical (unpaired) electrons. The van der Waals surface area contributed by atoms with E-state index < -0.39 is 8.80 Å². The van der Waals surface area contributed by atoms with Crippen molar-refractivity contribution in [2.75, 3.05) is 27.2 Å². The molecule has 0 aromatic heterocycles. The predicted molar refractivity (Wildman–Crippen MR) is 125 cm³/mol. The lowest BCUT2D eigenvalue weighted by atomic mass is 10.0. The summed E-state index contributed by atoms with van der Waals surface area (Å²) in [5.41, 5.74) is 1.01. The highest BCUT2D eigenvalue weighted by molar-refractivity contribution is 6.61. The molecule has 3 bridgehead atoms. The minimum atomic E-state index is -2.60. The molecule has 6 nitrogen and oxygen atoms in total. The average Bonchev–Trinajstić information content (AvgIpc) is 2.99. The van der Waals surface area contributed by atoms with Crippen molar-refractivity contribution >= 4 is 14.8 Å². The fraction of sp³-hybridized carbons (Fsp3) is 0.720. The van der Waals surface area contributed by atoms with E-state index in [4.69, 9.17) is 18.0 Å². The lowest BCUT2D eigenvalue weighted by molar-refractivity contribution is -0.883. The highest BCUT2D eigenvalue weighted by Crippen LogP contribution is 2.42. The molecule has 1 aromatic carbocycles. The minimum absolute atomic E-state index is 0.161. The van der Waals surface area contributed by atoms with Crippen molar-refractivity contribution < 1.29 is 27.3 Å². The number of nitrogens with zero attached hydrogens (tertiary/aromatic N) is 1. The molecule has 1 saturated carbocycles. The molecule has 3 aliphatic rings. The van der Waals surface area contributed by atoms with E-state index in [2.05, 4.69) is 14.1 Å². The second-order valence-electron chi connectivity index (χ2n) is 10.4. The van der Waals surface area contributed by atoms with Gasteiger partial charge in [0.2, 0.25) is 0 Å². The zero-order chi connectivity index (χ0) is 22.4. The molecule has 4 atom stereocenters. The Kier molecular flexibility index (Phi) is 8.05. The van der Waals surface area contributed by atoms with Gasteiger partial charge in [-0.2, -0.15) is 0 Å². The molecule has 2 aliphatic heterocycles. The molecule has 2 heterocycles. The van der Waals surface area contributed by atoms with E-state index in [1.54, 1.807) is 0 Å². The van der Waals surface area contributed by atoms with Crippen LogP contribution in [0.2, 0.25) is 6.04 Å². The predicted octanol–water partition coefficient (Wildman–Crippen LogP) is 4.45. The van der Waals surface area contributed by atoms with Crippen LogP contribution in [0.1, 0.15) is 63.4 Å². The van der Waals surface area contributed by atoms with Gasteiger partial charge in [0.25, 0.3) is 0 Å². The zero-order valence-corrected chi connectivity index (χ0v) is 20.8. The van der Waals surface area contributed by atoms with Crippen molar-refractivity contribution in [1.29, 1.82) is 0 Å². The third kappa shape index (κ3) is 6.64. The van der Waals surface area contributed by atoms with Gasteiger partial charge in [0, 0.05) is 18.9 Å². The van der Waals surface area contributed by atoms with E-state index in [1.807, 2.05) is 30.3 Å². The van der Waals surface area contributed by atoms with Crippen LogP contribution in [-0.2, 0) is 29.4 Å².